The second-order valence-corrected chi connectivity index (χ2v) is 5.63. The number of ether oxygens (including phenoxy) is 1. The Bertz CT molecular complexity index is 482. The highest BCUT2D eigenvalue weighted by atomic mass is 16.5. The number of nitrogen functional groups attached to an aromatic ring is 1. The number of aromatic nitrogens is 3. The van der Waals surface area contributed by atoms with Crippen molar-refractivity contribution in [3.05, 3.63) is 0 Å². The van der Waals surface area contributed by atoms with E-state index >= 15 is 0 Å². The quantitative estimate of drug-likeness (QED) is 0.845. The van der Waals surface area contributed by atoms with E-state index in [0.717, 1.165) is 13.1 Å². The molecule has 110 valence electrons. The fourth-order valence-electron chi connectivity index (χ4n) is 3.21. The largest absolute Gasteiger partial charge is 0.467 e. The molecule has 2 atom stereocenters. The normalized spacial score (nSPS) is 27.2. The molecule has 7 nitrogen and oxygen atoms in total. The summed E-state index contributed by atoms with van der Waals surface area (Å²) in [5, 5.41) is 0. The predicted molar refractivity (Wildman–Crippen MR) is 76.8 cm³/mol. The van der Waals surface area contributed by atoms with Crippen LogP contribution in [-0.2, 0) is 0 Å². The summed E-state index contributed by atoms with van der Waals surface area (Å²) >= 11 is 0. The lowest BCUT2D eigenvalue weighted by molar-refractivity contribution is 0.114. The van der Waals surface area contributed by atoms with Gasteiger partial charge in [-0.1, -0.05) is 6.42 Å². The van der Waals surface area contributed by atoms with Gasteiger partial charge in [-0.05, 0) is 26.3 Å². The highest BCUT2D eigenvalue weighted by molar-refractivity contribution is 5.38. The van der Waals surface area contributed by atoms with Crippen molar-refractivity contribution in [2.45, 2.75) is 38.3 Å². The minimum atomic E-state index is 0.213. The summed E-state index contributed by atoms with van der Waals surface area (Å²) in [6, 6.07) is 1.26. The molecule has 0 aliphatic carbocycles. The van der Waals surface area contributed by atoms with E-state index in [2.05, 4.69) is 31.7 Å². The van der Waals surface area contributed by atoms with Crippen molar-refractivity contribution in [1.29, 1.82) is 0 Å². The van der Waals surface area contributed by atoms with Crippen molar-refractivity contribution >= 4 is 11.9 Å². The molecule has 1 aromatic rings. The zero-order valence-corrected chi connectivity index (χ0v) is 12.1. The van der Waals surface area contributed by atoms with E-state index < -0.39 is 0 Å². The molecular weight excluding hydrogens is 256 g/mol. The summed E-state index contributed by atoms with van der Waals surface area (Å²) in [4.78, 5) is 17.4. The van der Waals surface area contributed by atoms with Crippen molar-refractivity contribution < 1.29 is 4.74 Å². The number of hydrogen-bond acceptors (Lipinski definition) is 7. The summed E-state index contributed by atoms with van der Waals surface area (Å²) in [5.41, 5.74) is 5.74. The van der Waals surface area contributed by atoms with Gasteiger partial charge in [0.05, 0.1) is 7.11 Å². The molecule has 20 heavy (non-hydrogen) atoms. The van der Waals surface area contributed by atoms with E-state index in [-0.39, 0.29) is 12.0 Å². The van der Waals surface area contributed by atoms with Gasteiger partial charge in [-0.25, -0.2) is 0 Å². The molecule has 2 saturated heterocycles. The first-order chi connectivity index (χ1) is 9.67. The van der Waals surface area contributed by atoms with Crippen LogP contribution in [0.1, 0.15) is 26.2 Å². The highest BCUT2D eigenvalue weighted by Crippen LogP contribution is 2.27. The van der Waals surface area contributed by atoms with Crippen LogP contribution in [0.3, 0.4) is 0 Å². The third kappa shape index (κ3) is 2.49. The Labute approximate surface area is 119 Å². The molecule has 0 radical (unpaired) electrons. The summed E-state index contributed by atoms with van der Waals surface area (Å²) in [5.74, 6) is 0.845. The maximum atomic E-state index is 5.74. The Balaban J connectivity index is 1.83. The second-order valence-electron chi connectivity index (χ2n) is 5.63. The highest BCUT2D eigenvalue weighted by Gasteiger charge is 2.34. The number of rotatable bonds is 2. The lowest BCUT2D eigenvalue weighted by atomic mass is 9.97. The summed E-state index contributed by atoms with van der Waals surface area (Å²) < 4.78 is 5.09. The minimum absolute atomic E-state index is 0.213. The average molecular weight is 278 g/mol. The molecule has 0 amide bonds. The maximum Gasteiger partial charge on any atom is 0.322 e. The molecular formula is C13H22N6O. The number of piperazine rings is 1. The summed E-state index contributed by atoms with van der Waals surface area (Å²) in [6.07, 6.45) is 3.88. The fourth-order valence-corrected chi connectivity index (χ4v) is 3.21. The monoisotopic (exact) mass is 278 g/mol. The van der Waals surface area contributed by atoms with Crippen LogP contribution in [0, 0.1) is 0 Å². The standard InChI is InChI=1S/C13H22N6O/c1-9-7-18-6-4-3-5-10(18)8-19(9)12-15-11(14)16-13(17-12)20-2/h9-10H,3-8H2,1-2H3,(H2,14,15,16,17). The van der Waals surface area contributed by atoms with Gasteiger partial charge in [-0.15, -0.1) is 0 Å². The number of anilines is 2. The lowest BCUT2D eigenvalue weighted by Crippen LogP contribution is -2.59. The number of nitrogens with zero attached hydrogens (tertiary/aromatic N) is 5. The Morgan fingerprint density at radius 1 is 1.20 bits per heavy atom. The van der Waals surface area contributed by atoms with Gasteiger partial charge in [0.1, 0.15) is 0 Å². The van der Waals surface area contributed by atoms with Gasteiger partial charge in [0.25, 0.3) is 0 Å². The first-order valence-electron chi connectivity index (χ1n) is 7.23. The number of nitrogens with two attached hydrogens (primary N) is 1. The number of fused-ring (bicyclic) bond motifs is 1. The molecule has 2 N–H and O–H groups in total. The zero-order valence-electron chi connectivity index (χ0n) is 12.1. The Kier molecular flexibility index (Phi) is 3.60. The van der Waals surface area contributed by atoms with Crippen LogP contribution >= 0.6 is 0 Å². The van der Waals surface area contributed by atoms with Crippen molar-refractivity contribution in [2.24, 2.45) is 0 Å². The van der Waals surface area contributed by atoms with Crippen LogP contribution in [0.25, 0.3) is 0 Å². The molecule has 2 unspecified atom stereocenters. The molecule has 1 aromatic heterocycles. The number of hydrogen-bond donors (Lipinski definition) is 1. The van der Waals surface area contributed by atoms with Crippen LogP contribution < -0.4 is 15.4 Å². The first kappa shape index (κ1) is 13.4. The summed E-state index contributed by atoms with van der Waals surface area (Å²) in [7, 11) is 1.54. The molecule has 7 heteroatoms. The number of methoxy groups -OCH3 is 1. The van der Waals surface area contributed by atoms with Gasteiger partial charge >= 0.3 is 6.01 Å². The lowest BCUT2D eigenvalue weighted by Gasteiger charge is -2.47. The predicted octanol–water partition coefficient (Wildman–Crippen LogP) is 0.525. The van der Waals surface area contributed by atoms with Crippen molar-refractivity contribution in [3.63, 3.8) is 0 Å². The Morgan fingerprint density at radius 3 is 2.85 bits per heavy atom. The van der Waals surface area contributed by atoms with Crippen LogP contribution in [0.5, 0.6) is 6.01 Å². The van der Waals surface area contributed by atoms with E-state index in [1.54, 1.807) is 7.11 Å². The van der Waals surface area contributed by atoms with Gasteiger partial charge in [0.15, 0.2) is 0 Å². The average Bonchev–Trinajstić information content (AvgIpc) is 2.45. The Hall–Kier alpha value is -1.63. The van der Waals surface area contributed by atoms with E-state index in [1.165, 1.54) is 25.8 Å². The molecule has 0 aromatic carbocycles. The molecule has 2 aliphatic heterocycles. The third-order valence-electron chi connectivity index (χ3n) is 4.25. The van der Waals surface area contributed by atoms with E-state index in [9.17, 15) is 0 Å². The third-order valence-corrected chi connectivity index (χ3v) is 4.25. The number of piperidine rings is 1. The van der Waals surface area contributed by atoms with Crippen molar-refractivity contribution in [3.8, 4) is 6.01 Å². The minimum Gasteiger partial charge on any atom is -0.467 e. The fraction of sp³-hybridized carbons (Fsp3) is 0.769. The van der Waals surface area contributed by atoms with Crippen molar-refractivity contribution in [2.75, 3.05) is 37.4 Å². The second kappa shape index (κ2) is 5.40. The zero-order chi connectivity index (χ0) is 14.1. The van der Waals surface area contributed by atoms with Gasteiger partial charge in [-0.2, -0.15) is 15.0 Å². The van der Waals surface area contributed by atoms with Gasteiger partial charge in [0.2, 0.25) is 11.9 Å². The molecule has 3 rings (SSSR count). The molecule has 0 bridgehead atoms. The SMILES string of the molecule is COc1nc(N)nc(N2CC3CCCCN3CC2C)n1. The van der Waals surface area contributed by atoms with Gasteiger partial charge in [-0.3, -0.25) is 4.90 Å². The summed E-state index contributed by atoms with van der Waals surface area (Å²) in [6.45, 7) is 5.43. The molecule has 0 saturated carbocycles. The molecule has 2 aliphatic rings. The van der Waals surface area contributed by atoms with E-state index in [1.807, 2.05) is 0 Å². The van der Waals surface area contributed by atoms with Gasteiger partial charge < -0.3 is 15.4 Å². The van der Waals surface area contributed by atoms with Crippen LogP contribution in [0.2, 0.25) is 0 Å². The topological polar surface area (TPSA) is 80.4 Å². The van der Waals surface area contributed by atoms with Gasteiger partial charge in [0, 0.05) is 25.2 Å². The van der Waals surface area contributed by atoms with Crippen LogP contribution in [-0.4, -0.2) is 58.7 Å². The first-order valence-corrected chi connectivity index (χ1v) is 7.23. The maximum absolute atomic E-state index is 5.74. The molecule has 3 heterocycles. The molecule has 0 spiro atoms. The van der Waals surface area contributed by atoms with E-state index in [4.69, 9.17) is 10.5 Å². The van der Waals surface area contributed by atoms with Crippen LogP contribution in [0.4, 0.5) is 11.9 Å². The van der Waals surface area contributed by atoms with Crippen molar-refractivity contribution in [1.82, 2.24) is 19.9 Å². The molecule has 2 fully saturated rings. The Morgan fingerprint density at radius 2 is 2.05 bits per heavy atom. The smallest absolute Gasteiger partial charge is 0.322 e. The van der Waals surface area contributed by atoms with Crippen LogP contribution in [0.15, 0.2) is 0 Å². The van der Waals surface area contributed by atoms with E-state index in [0.29, 0.717) is 18.0 Å².